The van der Waals surface area contributed by atoms with Gasteiger partial charge in [-0.15, -0.1) is 5.10 Å². The van der Waals surface area contributed by atoms with Gasteiger partial charge < -0.3 is 4.74 Å². The topological polar surface area (TPSA) is 98.5 Å². The highest BCUT2D eigenvalue weighted by atomic mass is 16.5. The van der Waals surface area contributed by atoms with Crippen molar-refractivity contribution >= 4 is 29.1 Å². The summed E-state index contributed by atoms with van der Waals surface area (Å²) in [6.07, 6.45) is 1.39. The quantitative estimate of drug-likeness (QED) is 0.431. The van der Waals surface area contributed by atoms with Crippen molar-refractivity contribution in [3.63, 3.8) is 0 Å². The number of esters is 1. The van der Waals surface area contributed by atoms with Crippen LogP contribution in [0.1, 0.15) is 15.9 Å². The van der Waals surface area contributed by atoms with E-state index in [2.05, 4.69) is 20.8 Å². The molecule has 1 N–H and O–H groups in total. The van der Waals surface area contributed by atoms with Crippen molar-refractivity contribution in [3.05, 3.63) is 59.7 Å². The number of rotatable bonds is 5. The van der Waals surface area contributed by atoms with Crippen LogP contribution in [0.25, 0.3) is 11.0 Å². The van der Waals surface area contributed by atoms with Gasteiger partial charge in [-0.2, -0.15) is 5.10 Å². The molecule has 1 amide bonds. The highest BCUT2D eigenvalue weighted by molar-refractivity contribution is 5.99. The third-order valence-corrected chi connectivity index (χ3v) is 3.47. The molecular weight excluding hydrogens is 322 g/mol. The van der Waals surface area contributed by atoms with Crippen LogP contribution in [0.3, 0.4) is 0 Å². The highest BCUT2D eigenvalue weighted by Crippen LogP contribution is 2.09. The van der Waals surface area contributed by atoms with Crippen LogP contribution >= 0.6 is 0 Å². The molecule has 0 radical (unpaired) electrons. The molecule has 0 aliphatic rings. The molecule has 0 saturated heterocycles. The maximum Gasteiger partial charge on any atom is 0.338 e. The maximum atomic E-state index is 12.0. The second-order valence-corrected chi connectivity index (χ2v) is 5.11. The van der Waals surface area contributed by atoms with Gasteiger partial charge in [-0.3, -0.25) is 4.79 Å². The normalized spacial score (nSPS) is 10.9. The van der Waals surface area contributed by atoms with E-state index >= 15 is 0 Å². The Morgan fingerprint density at radius 2 is 1.96 bits per heavy atom. The smallest absolute Gasteiger partial charge is 0.338 e. The number of methoxy groups -OCH3 is 1. The molecular formula is C17H15N5O3. The van der Waals surface area contributed by atoms with Crippen molar-refractivity contribution in [2.75, 3.05) is 7.11 Å². The van der Waals surface area contributed by atoms with Gasteiger partial charge in [-0.25, -0.2) is 14.9 Å². The minimum Gasteiger partial charge on any atom is -0.465 e. The summed E-state index contributed by atoms with van der Waals surface area (Å²) in [6, 6.07) is 14.2. The monoisotopic (exact) mass is 337 g/mol. The van der Waals surface area contributed by atoms with Crippen molar-refractivity contribution in [1.82, 2.24) is 20.4 Å². The van der Waals surface area contributed by atoms with Crippen LogP contribution in [0.4, 0.5) is 0 Å². The van der Waals surface area contributed by atoms with Gasteiger partial charge in [0.25, 0.3) is 5.91 Å². The van der Waals surface area contributed by atoms with Crippen LogP contribution in [0, 0.1) is 0 Å². The molecule has 1 heterocycles. The minimum atomic E-state index is -0.470. The van der Waals surface area contributed by atoms with Gasteiger partial charge in [0.2, 0.25) is 0 Å². The Balaban J connectivity index is 1.67. The summed E-state index contributed by atoms with van der Waals surface area (Å²) in [5.41, 5.74) is 4.79. The molecule has 0 aliphatic carbocycles. The Morgan fingerprint density at radius 1 is 1.20 bits per heavy atom. The number of fused-ring (bicyclic) bond motifs is 1. The number of ether oxygens (including phenoxy) is 1. The molecule has 0 bridgehead atoms. The van der Waals surface area contributed by atoms with Gasteiger partial charge in [0.05, 0.1) is 24.4 Å². The van der Waals surface area contributed by atoms with Gasteiger partial charge in [0, 0.05) is 5.56 Å². The third kappa shape index (κ3) is 3.69. The first kappa shape index (κ1) is 16.3. The summed E-state index contributed by atoms with van der Waals surface area (Å²) in [5, 5.41) is 11.8. The fraction of sp³-hybridized carbons (Fsp3) is 0.118. The summed E-state index contributed by atoms with van der Waals surface area (Å²) in [4.78, 5) is 23.7. The van der Waals surface area contributed by atoms with Crippen molar-refractivity contribution < 1.29 is 14.3 Å². The molecule has 3 aromatic rings. The molecule has 0 spiro atoms. The number of hydrogen-bond donors (Lipinski definition) is 1. The molecule has 3 rings (SSSR count). The van der Waals surface area contributed by atoms with Crippen LogP contribution in [0.5, 0.6) is 0 Å². The Morgan fingerprint density at radius 3 is 2.80 bits per heavy atom. The third-order valence-electron chi connectivity index (χ3n) is 3.47. The first-order valence-electron chi connectivity index (χ1n) is 7.46. The number of hydrogen-bond acceptors (Lipinski definition) is 6. The number of nitrogens with one attached hydrogen (secondary N) is 1. The van der Waals surface area contributed by atoms with Gasteiger partial charge in [0.1, 0.15) is 12.1 Å². The second kappa shape index (κ2) is 7.35. The van der Waals surface area contributed by atoms with E-state index in [1.165, 1.54) is 18.0 Å². The lowest BCUT2D eigenvalue weighted by molar-refractivity contribution is -0.121. The van der Waals surface area contributed by atoms with Crippen molar-refractivity contribution in [1.29, 1.82) is 0 Å². The van der Waals surface area contributed by atoms with Crippen molar-refractivity contribution in [2.45, 2.75) is 6.54 Å². The Bertz CT molecular complexity index is 948. The van der Waals surface area contributed by atoms with E-state index in [0.717, 1.165) is 5.52 Å². The zero-order valence-electron chi connectivity index (χ0n) is 13.4. The Hall–Kier alpha value is -3.55. The second-order valence-electron chi connectivity index (χ2n) is 5.11. The van der Waals surface area contributed by atoms with Crippen LogP contribution < -0.4 is 5.43 Å². The summed E-state index contributed by atoms with van der Waals surface area (Å²) in [6.45, 7) is -0.0174. The highest BCUT2D eigenvalue weighted by Gasteiger charge is 2.10. The van der Waals surface area contributed by atoms with Gasteiger partial charge in [-0.1, -0.05) is 35.5 Å². The lowest BCUT2D eigenvalue weighted by atomic mass is 10.1. The molecule has 0 aliphatic heterocycles. The lowest BCUT2D eigenvalue weighted by Crippen LogP contribution is -2.24. The largest absolute Gasteiger partial charge is 0.465 e. The number of benzene rings is 2. The maximum absolute atomic E-state index is 12.0. The molecule has 8 nitrogen and oxygen atoms in total. The van der Waals surface area contributed by atoms with Crippen molar-refractivity contribution in [3.8, 4) is 0 Å². The fourth-order valence-electron chi connectivity index (χ4n) is 2.28. The van der Waals surface area contributed by atoms with Crippen LogP contribution in [-0.2, 0) is 16.1 Å². The van der Waals surface area contributed by atoms with Crippen LogP contribution in [-0.4, -0.2) is 40.2 Å². The first-order valence-corrected chi connectivity index (χ1v) is 7.46. The molecule has 1 aromatic heterocycles. The zero-order chi connectivity index (χ0) is 17.6. The fourth-order valence-corrected chi connectivity index (χ4v) is 2.28. The lowest BCUT2D eigenvalue weighted by Gasteiger charge is -2.03. The molecule has 0 unspecified atom stereocenters. The summed E-state index contributed by atoms with van der Waals surface area (Å²) in [5.74, 6) is -0.829. The van der Waals surface area contributed by atoms with Gasteiger partial charge >= 0.3 is 5.97 Å². The molecule has 0 saturated carbocycles. The predicted octanol–water partition coefficient (Wildman–Crippen LogP) is 1.37. The number of hydrazone groups is 1. The van der Waals surface area contributed by atoms with E-state index < -0.39 is 5.97 Å². The molecule has 8 heteroatoms. The van der Waals surface area contributed by atoms with E-state index in [4.69, 9.17) is 4.74 Å². The summed E-state index contributed by atoms with van der Waals surface area (Å²) < 4.78 is 6.20. The predicted molar refractivity (Wildman–Crippen MR) is 91.0 cm³/mol. The molecule has 126 valence electrons. The number of carbonyl (C=O) groups is 2. The summed E-state index contributed by atoms with van der Waals surface area (Å²) in [7, 11) is 1.31. The van der Waals surface area contributed by atoms with E-state index in [-0.39, 0.29) is 12.5 Å². The van der Waals surface area contributed by atoms with Gasteiger partial charge in [-0.05, 0) is 18.2 Å². The Labute approximate surface area is 143 Å². The minimum absolute atomic E-state index is 0.0174. The number of para-hydroxylation sites is 1. The zero-order valence-corrected chi connectivity index (χ0v) is 13.4. The van der Waals surface area contributed by atoms with E-state index in [1.807, 2.05) is 24.3 Å². The van der Waals surface area contributed by atoms with Crippen molar-refractivity contribution in [2.24, 2.45) is 5.10 Å². The van der Waals surface area contributed by atoms with Crippen LogP contribution in [0.2, 0.25) is 0 Å². The molecule has 0 fully saturated rings. The van der Waals surface area contributed by atoms with E-state index in [1.54, 1.807) is 24.3 Å². The standard InChI is InChI=1S/C17H15N5O3/c1-25-17(24)13-7-3-2-6-12(13)10-18-20-16(23)11-22-15-9-5-4-8-14(15)19-21-22/h2-10H,11H2,1H3,(H,20,23)/b18-10-. The number of nitrogens with zero attached hydrogens (tertiary/aromatic N) is 4. The van der Waals surface area contributed by atoms with Gasteiger partial charge in [0.15, 0.2) is 0 Å². The average Bonchev–Trinajstić information content (AvgIpc) is 3.04. The molecule has 0 atom stereocenters. The Kier molecular flexibility index (Phi) is 4.79. The number of amides is 1. The molecule has 2 aromatic carbocycles. The number of carbonyl (C=O) groups excluding carboxylic acids is 2. The summed E-state index contributed by atoms with van der Waals surface area (Å²) >= 11 is 0. The van der Waals surface area contributed by atoms with E-state index in [9.17, 15) is 9.59 Å². The van der Waals surface area contributed by atoms with Crippen LogP contribution in [0.15, 0.2) is 53.6 Å². The molecule has 25 heavy (non-hydrogen) atoms. The SMILES string of the molecule is COC(=O)c1ccccc1/C=N\NC(=O)Cn1nnc2ccccc21. The first-order chi connectivity index (χ1) is 12.2. The number of aromatic nitrogens is 3. The van der Waals surface area contributed by atoms with E-state index in [0.29, 0.717) is 16.6 Å². The average molecular weight is 337 g/mol.